The molecule has 0 aliphatic carbocycles. The van der Waals surface area contributed by atoms with Gasteiger partial charge >= 0.3 is 0 Å². The third-order valence-corrected chi connectivity index (χ3v) is 4.96. The minimum atomic E-state index is 0.367. The van der Waals surface area contributed by atoms with Crippen molar-refractivity contribution in [2.75, 3.05) is 32.7 Å². The normalized spacial score (nSPS) is 26.7. The maximum absolute atomic E-state index is 2.72. The second-order valence-electron chi connectivity index (χ2n) is 7.58. The lowest BCUT2D eigenvalue weighted by Crippen LogP contribution is -2.48. The highest BCUT2D eigenvalue weighted by molar-refractivity contribution is 4.83. The summed E-state index contributed by atoms with van der Waals surface area (Å²) in [6, 6.07) is 0. The van der Waals surface area contributed by atoms with Gasteiger partial charge in [-0.1, -0.05) is 6.92 Å². The molecule has 106 valence electrons. The minimum absolute atomic E-state index is 0.367. The van der Waals surface area contributed by atoms with Crippen LogP contribution >= 0.6 is 0 Å². The lowest BCUT2D eigenvalue weighted by Gasteiger charge is -2.42. The highest BCUT2D eigenvalue weighted by atomic mass is 15.2. The Morgan fingerprint density at radius 2 is 1.44 bits per heavy atom. The van der Waals surface area contributed by atoms with Gasteiger partial charge in [0.25, 0.3) is 0 Å². The highest BCUT2D eigenvalue weighted by Gasteiger charge is 2.28. The van der Waals surface area contributed by atoms with Gasteiger partial charge in [-0.25, -0.2) is 0 Å². The first-order chi connectivity index (χ1) is 8.45. The Bertz CT molecular complexity index is 240. The quantitative estimate of drug-likeness (QED) is 0.744. The zero-order chi connectivity index (χ0) is 13.2. The summed E-state index contributed by atoms with van der Waals surface area (Å²) >= 11 is 0. The maximum Gasteiger partial charge on any atom is 0.0125 e. The fourth-order valence-electron chi connectivity index (χ4n) is 3.40. The summed E-state index contributed by atoms with van der Waals surface area (Å²) in [6.45, 7) is 16.1. The van der Waals surface area contributed by atoms with Gasteiger partial charge in [-0.15, -0.1) is 0 Å². The fourth-order valence-corrected chi connectivity index (χ4v) is 3.40. The summed E-state index contributed by atoms with van der Waals surface area (Å²) in [6.07, 6.45) is 5.65. The molecule has 0 atom stereocenters. The molecule has 0 spiro atoms. The van der Waals surface area contributed by atoms with Crippen molar-refractivity contribution in [1.82, 2.24) is 9.80 Å². The van der Waals surface area contributed by atoms with Crippen molar-refractivity contribution in [3.63, 3.8) is 0 Å². The van der Waals surface area contributed by atoms with Crippen LogP contribution in [0.5, 0.6) is 0 Å². The van der Waals surface area contributed by atoms with Gasteiger partial charge < -0.3 is 4.90 Å². The van der Waals surface area contributed by atoms with E-state index in [1.54, 1.807) is 0 Å². The van der Waals surface area contributed by atoms with E-state index < -0.39 is 0 Å². The molecule has 2 rings (SSSR count). The van der Waals surface area contributed by atoms with Crippen LogP contribution in [0.25, 0.3) is 0 Å². The van der Waals surface area contributed by atoms with Crippen molar-refractivity contribution < 1.29 is 0 Å². The van der Waals surface area contributed by atoms with Crippen LogP contribution in [0.15, 0.2) is 0 Å². The van der Waals surface area contributed by atoms with E-state index in [0.29, 0.717) is 5.54 Å². The highest BCUT2D eigenvalue weighted by Crippen LogP contribution is 2.25. The molecule has 2 nitrogen and oxygen atoms in total. The zero-order valence-corrected chi connectivity index (χ0v) is 12.9. The number of rotatable bonds is 2. The summed E-state index contributed by atoms with van der Waals surface area (Å²) in [7, 11) is 0. The number of piperidine rings is 2. The molecule has 2 heterocycles. The van der Waals surface area contributed by atoms with E-state index in [4.69, 9.17) is 0 Å². The maximum atomic E-state index is 2.72. The molecule has 2 aliphatic heterocycles. The standard InChI is InChI=1S/C16H32N2/c1-14-5-9-17(10-6-14)13-15-7-11-18(12-8-15)16(2,3)4/h14-15H,5-13H2,1-4H3. The second-order valence-corrected chi connectivity index (χ2v) is 7.58. The molecular weight excluding hydrogens is 220 g/mol. The van der Waals surface area contributed by atoms with Gasteiger partial charge in [0, 0.05) is 12.1 Å². The minimum Gasteiger partial charge on any atom is -0.303 e. The number of hydrogen-bond donors (Lipinski definition) is 0. The van der Waals surface area contributed by atoms with Crippen LogP contribution in [0.1, 0.15) is 53.4 Å². The Labute approximate surface area is 114 Å². The number of likely N-dealkylation sites (tertiary alicyclic amines) is 2. The number of nitrogens with zero attached hydrogens (tertiary/aromatic N) is 2. The molecule has 0 N–H and O–H groups in total. The van der Waals surface area contributed by atoms with E-state index in [1.165, 1.54) is 58.4 Å². The Morgan fingerprint density at radius 3 is 1.94 bits per heavy atom. The molecule has 0 unspecified atom stereocenters. The molecule has 0 saturated carbocycles. The predicted molar refractivity (Wildman–Crippen MR) is 78.9 cm³/mol. The smallest absolute Gasteiger partial charge is 0.0125 e. The summed E-state index contributed by atoms with van der Waals surface area (Å²) < 4.78 is 0. The van der Waals surface area contributed by atoms with E-state index in [0.717, 1.165) is 11.8 Å². The monoisotopic (exact) mass is 252 g/mol. The van der Waals surface area contributed by atoms with E-state index in [2.05, 4.69) is 37.5 Å². The third kappa shape index (κ3) is 3.96. The first kappa shape index (κ1) is 14.3. The van der Waals surface area contributed by atoms with Gasteiger partial charge in [-0.2, -0.15) is 0 Å². The molecule has 0 aromatic heterocycles. The van der Waals surface area contributed by atoms with Crippen LogP contribution in [-0.2, 0) is 0 Å². The van der Waals surface area contributed by atoms with Crippen LogP contribution in [0.2, 0.25) is 0 Å². The predicted octanol–water partition coefficient (Wildman–Crippen LogP) is 3.23. The van der Waals surface area contributed by atoms with Crippen LogP contribution in [0, 0.1) is 11.8 Å². The van der Waals surface area contributed by atoms with Crippen LogP contribution in [-0.4, -0.2) is 48.1 Å². The summed E-state index contributed by atoms with van der Waals surface area (Å²) in [4.78, 5) is 5.37. The first-order valence-electron chi connectivity index (χ1n) is 7.92. The van der Waals surface area contributed by atoms with Crippen molar-refractivity contribution in [1.29, 1.82) is 0 Å². The third-order valence-electron chi connectivity index (χ3n) is 4.96. The van der Waals surface area contributed by atoms with Gasteiger partial charge in [0.2, 0.25) is 0 Å². The van der Waals surface area contributed by atoms with Gasteiger partial charge in [0.1, 0.15) is 0 Å². The van der Waals surface area contributed by atoms with E-state index in [1.807, 2.05) is 0 Å². The van der Waals surface area contributed by atoms with Crippen LogP contribution < -0.4 is 0 Å². The van der Waals surface area contributed by atoms with E-state index in [-0.39, 0.29) is 0 Å². The second kappa shape index (κ2) is 5.92. The fraction of sp³-hybridized carbons (Fsp3) is 1.00. The largest absolute Gasteiger partial charge is 0.303 e. The molecule has 0 aromatic carbocycles. The molecule has 0 bridgehead atoms. The molecule has 18 heavy (non-hydrogen) atoms. The van der Waals surface area contributed by atoms with Crippen LogP contribution in [0.4, 0.5) is 0 Å². The molecule has 2 fully saturated rings. The lowest BCUT2D eigenvalue weighted by molar-refractivity contribution is 0.0684. The molecule has 0 aromatic rings. The molecule has 2 saturated heterocycles. The summed E-state index contributed by atoms with van der Waals surface area (Å²) in [5.74, 6) is 1.92. The van der Waals surface area contributed by atoms with Gasteiger partial charge in [-0.3, -0.25) is 4.90 Å². The van der Waals surface area contributed by atoms with Crippen LogP contribution in [0.3, 0.4) is 0 Å². The van der Waals surface area contributed by atoms with Gasteiger partial charge in [0.15, 0.2) is 0 Å². The average Bonchev–Trinajstić information content (AvgIpc) is 2.32. The SMILES string of the molecule is CC1CCN(CC2CCN(C(C)(C)C)CC2)CC1. The molecular formula is C16H32N2. The summed E-state index contributed by atoms with van der Waals surface area (Å²) in [5, 5.41) is 0. The van der Waals surface area contributed by atoms with E-state index in [9.17, 15) is 0 Å². The van der Waals surface area contributed by atoms with Crippen molar-refractivity contribution in [2.45, 2.75) is 58.9 Å². The van der Waals surface area contributed by atoms with Crippen molar-refractivity contribution in [3.8, 4) is 0 Å². The van der Waals surface area contributed by atoms with E-state index >= 15 is 0 Å². The molecule has 2 aliphatic rings. The average molecular weight is 252 g/mol. The summed E-state index contributed by atoms with van der Waals surface area (Å²) in [5.41, 5.74) is 0.367. The number of hydrogen-bond acceptors (Lipinski definition) is 2. The molecule has 0 radical (unpaired) electrons. The topological polar surface area (TPSA) is 6.48 Å². The van der Waals surface area contributed by atoms with Crippen molar-refractivity contribution in [3.05, 3.63) is 0 Å². The van der Waals surface area contributed by atoms with Gasteiger partial charge in [-0.05, 0) is 84.5 Å². The molecule has 2 heteroatoms. The zero-order valence-electron chi connectivity index (χ0n) is 12.9. The Morgan fingerprint density at radius 1 is 0.889 bits per heavy atom. The Hall–Kier alpha value is -0.0800. The lowest BCUT2D eigenvalue weighted by atomic mass is 9.91. The van der Waals surface area contributed by atoms with Crippen molar-refractivity contribution in [2.24, 2.45) is 11.8 Å². The Kier molecular flexibility index (Phi) is 4.71. The van der Waals surface area contributed by atoms with Crippen molar-refractivity contribution >= 4 is 0 Å². The van der Waals surface area contributed by atoms with Gasteiger partial charge in [0.05, 0.1) is 0 Å². The Balaban J connectivity index is 1.70. The molecule has 0 amide bonds. The first-order valence-corrected chi connectivity index (χ1v) is 7.92.